The maximum atomic E-state index is 5.55. The topological polar surface area (TPSA) is 74.2 Å². The first kappa shape index (κ1) is 12.6. The lowest BCUT2D eigenvalue weighted by atomic mass is 10.3. The van der Waals surface area contributed by atoms with Crippen LogP contribution in [0.15, 0.2) is 34.9 Å². The first-order valence-corrected chi connectivity index (χ1v) is 6.08. The lowest BCUT2D eigenvalue weighted by molar-refractivity contribution is 0.292. The van der Waals surface area contributed by atoms with Gasteiger partial charge in [-0.15, -0.1) is 0 Å². The van der Waals surface area contributed by atoms with Crippen LogP contribution in [-0.2, 0) is 12.8 Å². The van der Waals surface area contributed by atoms with E-state index in [1.165, 1.54) is 0 Å². The van der Waals surface area contributed by atoms with E-state index in [0.717, 1.165) is 24.4 Å². The Balaban J connectivity index is 1.75. The van der Waals surface area contributed by atoms with Crippen LogP contribution in [0.5, 0.6) is 5.75 Å². The summed E-state index contributed by atoms with van der Waals surface area (Å²) in [5.74, 6) is 2.17. The fourth-order valence-corrected chi connectivity index (χ4v) is 1.53. The fraction of sp³-hybridized carbons (Fsp3) is 0.385. The van der Waals surface area contributed by atoms with Gasteiger partial charge in [0, 0.05) is 6.42 Å². The molecular formula is C13H17N3O2. The Morgan fingerprint density at radius 2 is 2.00 bits per heavy atom. The molecule has 1 aromatic heterocycles. The Morgan fingerprint density at radius 3 is 2.78 bits per heavy atom. The lowest BCUT2D eigenvalue weighted by Gasteiger charge is -2.02. The maximum Gasteiger partial charge on any atom is 0.230 e. The van der Waals surface area contributed by atoms with E-state index in [1.807, 2.05) is 30.3 Å². The number of para-hydroxylation sites is 1. The van der Waals surface area contributed by atoms with Crippen LogP contribution < -0.4 is 10.5 Å². The highest BCUT2D eigenvalue weighted by molar-refractivity contribution is 5.20. The van der Waals surface area contributed by atoms with E-state index in [1.54, 1.807) is 0 Å². The Kier molecular flexibility index (Phi) is 4.72. The first-order valence-electron chi connectivity index (χ1n) is 6.08. The molecule has 5 nitrogen and oxygen atoms in total. The third kappa shape index (κ3) is 3.85. The van der Waals surface area contributed by atoms with E-state index >= 15 is 0 Å². The Bertz CT molecular complexity index is 456. The van der Waals surface area contributed by atoms with Gasteiger partial charge in [0.05, 0.1) is 13.0 Å². The smallest absolute Gasteiger partial charge is 0.230 e. The first-order chi connectivity index (χ1) is 8.88. The average Bonchev–Trinajstić information content (AvgIpc) is 2.85. The van der Waals surface area contributed by atoms with Gasteiger partial charge in [0.15, 0.2) is 5.82 Å². The van der Waals surface area contributed by atoms with E-state index in [9.17, 15) is 0 Å². The number of hydrogen-bond donors (Lipinski definition) is 1. The number of benzene rings is 1. The second-order valence-electron chi connectivity index (χ2n) is 3.91. The monoisotopic (exact) mass is 247 g/mol. The van der Waals surface area contributed by atoms with Gasteiger partial charge >= 0.3 is 0 Å². The van der Waals surface area contributed by atoms with Crippen molar-refractivity contribution in [1.29, 1.82) is 0 Å². The van der Waals surface area contributed by atoms with Crippen LogP contribution in [0.1, 0.15) is 18.1 Å². The van der Waals surface area contributed by atoms with Crippen LogP contribution in [-0.4, -0.2) is 23.3 Å². The number of nitrogens with zero attached hydrogens (tertiary/aromatic N) is 2. The number of nitrogens with two attached hydrogens (primary N) is 1. The number of ether oxygens (including phenoxy) is 1. The van der Waals surface area contributed by atoms with Gasteiger partial charge in [-0.1, -0.05) is 23.4 Å². The van der Waals surface area contributed by atoms with E-state index < -0.39 is 0 Å². The summed E-state index contributed by atoms with van der Waals surface area (Å²) in [6.45, 7) is 1.17. The number of aryl methyl sites for hydroxylation is 1. The molecule has 0 radical (unpaired) electrons. The lowest BCUT2D eigenvalue weighted by Crippen LogP contribution is -2.03. The van der Waals surface area contributed by atoms with Crippen molar-refractivity contribution in [3.05, 3.63) is 42.0 Å². The second-order valence-corrected chi connectivity index (χ2v) is 3.91. The zero-order valence-electron chi connectivity index (χ0n) is 10.2. The largest absolute Gasteiger partial charge is 0.493 e. The summed E-state index contributed by atoms with van der Waals surface area (Å²) in [5, 5.41) is 3.88. The zero-order chi connectivity index (χ0) is 12.6. The molecule has 96 valence electrons. The average molecular weight is 247 g/mol. The standard InChI is InChI=1S/C13H17N3O2/c14-9-4-7-12-15-13(18-16-12)8-10-17-11-5-2-1-3-6-11/h1-3,5-6H,4,7-10,14H2. The highest BCUT2D eigenvalue weighted by atomic mass is 16.5. The molecule has 0 saturated heterocycles. The minimum absolute atomic E-state index is 0.530. The Labute approximate surface area is 106 Å². The molecule has 0 spiro atoms. The molecule has 0 amide bonds. The van der Waals surface area contributed by atoms with Gasteiger partial charge < -0.3 is 15.0 Å². The van der Waals surface area contributed by atoms with Crippen LogP contribution in [0.3, 0.4) is 0 Å². The van der Waals surface area contributed by atoms with Gasteiger partial charge in [-0.25, -0.2) is 0 Å². The third-order valence-electron chi connectivity index (χ3n) is 2.44. The minimum atomic E-state index is 0.530. The molecule has 2 aromatic rings. The van der Waals surface area contributed by atoms with Crippen molar-refractivity contribution < 1.29 is 9.26 Å². The van der Waals surface area contributed by atoms with Crippen molar-refractivity contribution >= 4 is 0 Å². The highest BCUT2D eigenvalue weighted by Gasteiger charge is 2.05. The molecule has 2 N–H and O–H groups in total. The van der Waals surface area contributed by atoms with Gasteiger partial charge in [0.1, 0.15) is 5.75 Å². The molecule has 0 saturated carbocycles. The van der Waals surface area contributed by atoms with Crippen LogP contribution in [0.2, 0.25) is 0 Å². The van der Waals surface area contributed by atoms with E-state index in [2.05, 4.69) is 10.1 Å². The zero-order valence-corrected chi connectivity index (χ0v) is 10.2. The van der Waals surface area contributed by atoms with Crippen LogP contribution in [0.25, 0.3) is 0 Å². The molecular weight excluding hydrogens is 230 g/mol. The summed E-state index contributed by atoms with van der Waals surface area (Å²) in [6.07, 6.45) is 2.25. The van der Waals surface area contributed by atoms with Crippen molar-refractivity contribution in [3.63, 3.8) is 0 Å². The molecule has 0 atom stereocenters. The van der Waals surface area contributed by atoms with E-state index in [0.29, 0.717) is 25.5 Å². The van der Waals surface area contributed by atoms with Crippen LogP contribution >= 0.6 is 0 Å². The molecule has 2 rings (SSSR count). The number of hydrogen-bond acceptors (Lipinski definition) is 5. The molecule has 0 aliphatic carbocycles. The summed E-state index contributed by atoms with van der Waals surface area (Å²) in [5.41, 5.74) is 5.42. The molecule has 0 fully saturated rings. The highest BCUT2D eigenvalue weighted by Crippen LogP contribution is 2.09. The minimum Gasteiger partial charge on any atom is -0.493 e. The maximum absolute atomic E-state index is 5.55. The molecule has 0 aliphatic rings. The summed E-state index contributed by atoms with van der Waals surface area (Å²) >= 11 is 0. The van der Waals surface area contributed by atoms with Crippen molar-refractivity contribution in [3.8, 4) is 5.75 Å². The van der Waals surface area contributed by atoms with Gasteiger partial charge in [-0.05, 0) is 25.1 Å². The molecule has 0 aliphatic heterocycles. The quantitative estimate of drug-likeness (QED) is 0.804. The number of aromatic nitrogens is 2. The van der Waals surface area contributed by atoms with Crippen LogP contribution in [0.4, 0.5) is 0 Å². The molecule has 0 unspecified atom stereocenters. The van der Waals surface area contributed by atoms with E-state index in [-0.39, 0.29) is 0 Å². The van der Waals surface area contributed by atoms with Gasteiger partial charge in [-0.3, -0.25) is 0 Å². The van der Waals surface area contributed by atoms with Crippen molar-refractivity contribution in [1.82, 2.24) is 10.1 Å². The molecule has 18 heavy (non-hydrogen) atoms. The summed E-state index contributed by atoms with van der Waals surface area (Å²) in [7, 11) is 0. The fourth-order valence-electron chi connectivity index (χ4n) is 1.53. The molecule has 5 heteroatoms. The van der Waals surface area contributed by atoms with Crippen molar-refractivity contribution in [2.45, 2.75) is 19.3 Å². The predicted octanol–water partition coefficient (Wildman–Crippen LogP) is 1.58. The summed E-state index contributed by atoms with van der Waals surface area (Å²) < 4.78 is 10.7. The normalized spacial score (nSPS) is 10.5. The summed E-state index contributed by atoms with van der Waals surface area (Å²) in [6, 6.07) is 9.66. The van der Waals surface area contributed by atoms with Gasteiger partial charge in [0.25, 0.3) is 0 Å². The predicted molar refractivity (Wildman–Crippen MR) is 67.3 cm³/mol. The molecule has 0 bridgehead atoms. The van der Waals surface area contributed by atoms with Crippen molar-refractivity contribution in [2.75, 3.05) is 13.2 Å². The Hall–Kier alpha value is -1.88. The van der Waals surface area contributed by atoms with E-state index in [4.69, 9.17) is 15.0 Å². The van der Waals surface area contributed by atoms with Gasteiger partial charge in [0.2, 0.25) is 5.89 Å². The van der Waals surface area contributed by atoms with Crippen LogP contribution in [0, 0.1) is 0 Å². The molecule has 1 aromatic carbocycles. The summed E-state index contributed by atoms with van der Waals surface area (Å²) in [4.78, 5) is 4.27. The molecule has 1 heterocycles. The van der Waals surface area contributed by atoms with Crippen molar-refractivity contribution in [2.24, 2.45) is 5.73 Å². The SMILES string of the molecule is NCCCc1noc(CCOc2ccccc2)n1. The third-order valence-corrected chi connectivity index (χ3v) is 2.44. The number of rotatable bonds is 7. The Morgan fingerprint density at radius 1 is 1.17 bits per heavy atom. The van der Waals surface area contributed by atoms with Gasteiger partial charge in [-0.2, -0.15) is 4.98 Å². The second kappa shape index (κ2) is 6.76.